The number of nitrogens with zero attached hydrogens (tertiary/aromatic N) is 1. The molecule has 8 heteroatoms. The first-order valence-electron chi connectivity index (χ1n) is 6.83. The average molecular weight is 352 g/mol. The Balaban J connectivity index is 2.09. The molecule has 2 amide bonds. The van der Waals surface area contributed by atoms with E-state index in [-0.39, 0.29) is 11.6 Å². The highest BCUT2D eigenvalue weighted by Gasteiger charge is 2.08. The Morgan fingerprint density at radius 2 is 2.12 bits per heavy atom. The molecule has 0 heterocycles. The quantitative estimate of drug-likeness (QED) is 0.619. The van der Waals surface area contributed by atoms with Gasteiger partial charge in [-0.15, -0.1) is 0 Å². The van der Waals surface area contributed by atoms with Gasteiger partial charge in [0, 0.05) is 5.56 Å². The van der Waals surface area contributed by atoms with Crippen LogP contribution in [0.2, 0.25) is 5.02 Å². The molecule has 126 valence electrons. The fourth-order valence-electron chi connectivity index (χ4n) is 1.85. The summed E-state index contributed by atoms with van der Waals surface area (Å²) in [6.45, 7) is 0.159. The van der Waals surface area contributed by atoms with Crippen LogP contribution in [0.5, 0.6) is 11.5 Å². The van der Waals surface area contributed by atoms with Crippen molar-refractivity contribution in [2.45, 2.75) is 6.61 Å². The molecule has 6 nitrogen and oxygen atoms in total. The number of methoxy groups -OCH3 is 1. The number of amides is 2. The number of primary amides is 1. The molecule has 3 N–H and O–H groups in total. The number of hydrogen-bond donors (Lipinski definition) is 2. The molecule has 0 saturated heterocycles. The smallest absolute Gasteiger partial charge is 0.332 e. The maximum atomic E-state index is 13.0. The number of halogens is 2. The molecule has 0 spiro atoms. The molecule has 0 saturated carbocycles. The zero-order chi connectivity index (χ0) is 17.5. The van der Waals surface area contributed by atoms with Crippen molar-refractivity contribution in [3.8, 4) is 11.5 Å². The van der Waals surface area contributed by atoms with Crippen molar-refractivity contribution < 1.29 is 18.7 Å². The summed E-state index contributed by atoms with van der Waals surface area (Å²) in [5.74, 6) is 0.545. The number of ether oxygens (including phenoxy) is 2. The van der Waals surface area contributed by atoms with Gasteiger partial charge < -0.3 is 15.2 Å². The van der Waals surface area contributed by atoms with Crippen molar-refractivity contribution >= 4 is 23.8 Å². The van der Waals surface area contributed by atoms with Crippen LogP contribution in [0.15, 0.2) is 41.5 Å². The van der Waals surface area contributed by atoms with Crippen LogP contribution in [-0.2, 0) is 6.61 Å². The minimum Gasteiger partial charge on any atom is -0.493 e. The van der Waals surface area contributed by atoms with E-state index in [1.807, 2.05) is 0 Å². The molecule has 0 aliphatic carbocycles. The van der Waals surface area contributed by atoms with Gasteiger partial charge in [0.15, 0.2) is 11.5 Å². The minimum absolute atomic E-state index is 0.159. The normalized spacial score (nSPS) is 10.6. The number of nitrogens with two attached hydrogens (primary N) is 1. The number of nitrogens with one attached hydrogen (secondary N) is 1. The van der Waals surface area contributed by atoms with E-state index in [4.69, 9.17) is 26.8 Å². The number of rotatable bonds is 6. The fraction of sp³-hybridized carbons (Fsp3) is 0.125. The lowest BCUT2D eigenvalue weighted by atomic mass is 10.2. The first-order chi connectivity index (χ1) is 11.5. The van der Waals surface area contributed by atoms with Gasteiger partial charge in [-0.3, -0.25) is 0 Å². The van der Waals surface area contributed by atoms with E-state index >= 15 is 0 Å². The van der Waals surface area contributed by atoms with E-state index in [0.29, 0.717) is 22.6 Å². The Labute approximate surface area is 143 Å². The molecular weight excluding hydrogens is 337 g/mol. The van der Waals surface area contributed by atoms with E-state index in [1.165, 1.54) is 25.5 Å². The summed E-state index contributed by atoms with van der Waals surface area (Å²) >= 11 is 5.96. The fourth-order valence-corrected chi connectivity index (χ4v) is 2.07. The van der Waals surface area contributed by atoms with Crippen LogP contribution >= 0.6 is 11.6 Å². The highest BCUT2D eigenvalue weighted by Crippen LogP contribution is 2.29. The average Bonchev–Trinajstić information content (AvgIpc) is 2.54. The molecule has 24 heavy (non-hydrogen) atoms. The SMILES string of the molecule is COc1cc(C=NNC(N)=O)ccc1OCc1ccc(F)cc1Cl. The molecule has 0 bridgehead atoms. The van der Waals surface area contributed by atoms with Gasteiger partial charge in [0.05, 0.1) is 18.3 Å². The number of carbonyl (C=O) groups is 1. The van der Waals surface area contributed by atoms with Crippen LogP contribution in [-0.4, -0.2) is 19.4 Å². The first-order valence-corrected chi connectivity index (χ1v) is 7.20. The highest BCUT2D eigenvalue weighted by molar-refractivity contribution is 6.31. The Bertz CT molecular complexity index is 768. The number of hydrogen-bond acceptors (Lipinski definition) is 4. The molecule has 0 unspecified atom stereocenters. The topological polar surface area (TPSA) is 85.9 Å². The molecule has 2 rings (SSSR count). The molecule has 0 atom stereocenters. The molecule has 0 aliphatic rings. The number of carbonyl (C=O) groups excluding carboxylic acids is 1. The summed E-state index contributed by atoms with van der Waals surface area (Å²) in [5.41, 5.74) is 8.33. The third-order valence-electron chi connectivity index (χ3n) is 2.97. The minimum atomic E-state index is -0.755. The second-order valence-electron chi connectivity index (χ2n) is 4.67. The summed E-state index contributed by atoms with van der Waals surface area (Å²) in [6.07, 6.45) is 1.41. The third-order valence-corrected chi connectivity index (χ3v) is 3.33. The highest BCUT2D eigenvalue weighted by atomic mass is 35.5. The molecule has 0 aliphatic heterocycles. The van der Waals surface area contributed by atoms with Gasteiger partial charge in [0.2, 0.25) is 0 Å². The van der Waals surface area contributed by atoms with E-state index in [2.05, 4.69) is 10.5 Å². The van der Waals surface area contributed by atoms with Crippen LogP contribution in [0.25, 0.3) is 0 Å². The van der Waals surface area contributed by atoms with Crippen LogP contribution in [0.1, 0.15) is 11.1 Å². The summed E-state index contributed by atoms with van der Waals surface area (Å²) in [4.78, 5) is 10.6. The monoisotopic (exact) mass is 351 g/mol. The summed E-state index contributed by atoms with van der Waals surface area (Å²) in [6, 6.07) is 8.41. The van der Waals surface area contributed by atoms with Crippen LogP contribution in [0, 0.1) is 5.82 Å². The second kappa shape index (κ2) is 8.16. The number of urea groups is 1. The molecule has 2 aromatic rings. The zero-order valence-electron chi connectivity index (χ0n) is 12.8. The van der Waals surface area contributed by atoms with Gasteiger partial charge in [0.1, 0.15) is 12.4 Å². The lowest BCUT2D eigenvalue weighted by molar-refractivity contribution is 0.249. The predicted octanol–water partition coefficient (Wildman–Crippen LogP) is 3.07. The van der Waals surface area contributed by atoms with Gasteiger partial charge in [-0.2, -0.15) is 5.10 Å². The standard InChI is InChI=1S/C16H15ClFN3O3/c1-23-15-6-10(8-20-21-16(19)22)2-5-14(15)24-9-11-3-4-12(18)7-13(11)17/h2-8H,9H2,1H3,(H3,19,21,22). The van der Waals surface area contributed by atoms with Gasteiger partial charge in [-0.1, -0.05) is 17.7 Å². The molecular formula is C16H15ClFN3O3. The zero-order valence-corrected chi connectivity index (χ0v) is 13.5. The van der Waals surface area contributed by atoms with Crippen molar-refractivity contribution in [3.05, 3.63) is 58.4 Å². The summed E-state index contributed by atoms with van der Waals surface area (Å²) in [7, 11) is 1.50. The van der Waals surface area contributed by atoms with Crippen LogP contribution < -0.4 is 20.6 Å². The molecule has 0 aromatic heterocycles. The van der Waals surface area contributed by atoms with Crippen molar-refractivity contribution in [2.75, 3.05) is 7.11 Å². The van der Waals surface area contributed by atoms with Crippen molar-refractivity contribution in [2.24, 2.45) is 10.8 Å². The van der Waals surface area contributed by atoms with E-state index in [0.717, 1.165) is 0 Å². The van der Waals surface area contributed by atoms with Crippen LogP contribution in [0.3, 0.4) is 0 Å². The number of hydrazone groups is 1. The predicted molar refractivity (Wildman–Crippen MR) is 89.0 cm³/mol. The lowest BCUT2D eigenvalue weighted by Crippen LogP contribution is -2.24. The van der Waals surface area contributed by atoms with Gasteiger partial charge in [-0.05, 0) is 35.9 Å². The summed E-state index contributed by atoms with van der Waals surface area (Å²) < 4.78 is 24.0. The van der Waals surface area contributed by atoms with E-state index in [1.54, 1.807) is 24.3 Å². The molecule has 0 fully saturated rings. The van der Waals surface area contributed by atoms with Gasteiger partial charge in [0.25, 0.3) is 0 Å². The maximum Gasteiger partial charge on any atom is 0.332 e. The van der Waals surface area contributed by atoms with Crippen molar-refractivity contribution in [3.63, 3.8) is 0 Å². The Morgan fingerprint density at radius 1 is 1.33 bits per heavy atom. The van der Waals surface area contributed by atoms with E-state index in [9.17, 15) is 9.18 Å². The van der Waals surface area contributed by atoms with Crippen LogP contribution in [0.4, 0.5) is 9.18 Å². The Hall–Kier alpha value is -2.80. The first kappa shape index (κ1) is 17.6. The summed E-state index contributed by atoms with van der Waals surface area (Å²) in [5, 5.41) is 3.95. The molecule has 0 radical (unpaired) electrons. The van der Waals surface area contributed by atoms with Crippen molar-refractivity contribution in [1.29, 1.82) is 0 Å². The van der Waals surface area contributed by atoms with Crippen molar-refractivity contribution in [1.82, 2.24) is 5.43 Å². The Kier molecular flexibility index (Phi) is 5.97. The van der Waals surface area contributed by atoms with E-state index < -0.39 is 11.8 Å². The largest absolute Gasteiger partial charge is 0.493 e. The number of benzene rings is 2. The lowest BCUT2D eigenvalue weighted by Gasteiger charge is -2.12. The molecule has 2 aromatic carbocycles. The Morgan fingerprint density at radius 3 is 2.79 bits per heavy atom. The van der Waals surface area contributed by atoms with Gasteiger partial charge in [-0.25, -0.2) is 14.6 Å². The maximum absolute atomic E-state index is 13.0. The van der Waals surface area contributed by atoms with Gasteiger partial charge >= 0.3 is 6.03 Å². The second-order valence-corrected chi connectivity index (χ2v) is 5.08. The third kappa shape index (κ3) is 4.85.